The quantitative estimate of drug-likeness (QED) is 0.731. The number of carbonyl (C=O) groups excluding carboxylic acids is 2. The first kappa shape index (κ1) is 19.8. The summed E-state index contributed by atoms with van der Waals surface area (Å²) in [5, 5.41) is 5.90. The van der Waals surface area contributed by atoms with Crippen LogP contribution in [0.25, 0.3) is 0 Å². The zero-order chi connectivity index (χ0) is 19.1. The summed E-state index contributed by atoms with van der Waals surface area (Å²) < 4.78 is 5.65. The molecule has 0 saturated carbocycles. The minimum Gasteiger partial charge on any atom is -0.481 e. The van der Waals surface area contributed by atoms with Gasteiger partial charge < -0.3 is 15.4 Å². The standard InChI is InChI=1S/C20H23ClN2O3/c1-4-5-19(24)22-15-8-11-17(21)18(12-15)23-20(25)14(3)26-16-9-6-13(2)7-10-16/h6-12,14H,4-5H2,1-3H3,(H,22,24)(H,23,25). The highest BCUT2D eigenvalue weighted by molar-refractivity contribution is 6.34. The highest BCUT2D eigenvalue weighted by Crippen LogP contribution is 2.26. The van der Waals surface area contributed by atoms with Gasteiger partial charge in [-0.1, -0.05) is 36.2 Å². The Bertz CT molecular complexity index is 775. The lowest BCUT2D eigenvalue weighted by Crippen LogP contribution is -2.30. The lowest BCUT2D eigenvalue weighted by atomic mass is 10.2. The number of halogens is 1. The average Bonchev–Trinajstić information content (AvgIpc) is 2.60. The predicted molar refractivity (Wildman–Crippen MR) is 105 cm³/mol. The topological polar surface area (TPSA) is 67.4 Å². The predicted octanol–water partition coefficient (Wildman–Crippen LogP) is 4.79. The van der Waals surface area contributed by atoms with Gasteiger partial charge in [0, 0.05) is 12.1 Å². The molecule has 1 atom stereocenters. The van der Waals surface area contributed by atoms with Gasteiger partial charge in [-0.15, -0.1) is 0 Å². The van der Waals surface area contributed by atoms with Crippen molar-refractivity contribution in [3.63, 3.8) is 0 Å². The molecule has 1 unspecified atom stereocenters. The smallest absolute Gasteiger partial charge is 0.265 e. The Morgan fingerprint density at radius 2 is 1.81 bits per heavy atom. The first-order valence-corrected chi connectivity index (χ1v) is 8.90. The molecule has 5 nitrogen and oxygen atoms in total. The third-order valence-corrected chi connectivity index (χ3v) is 4.02. The maximum absolute atomic E-state index is 12.4. The van der Waals surface area contributed by atoms with Gasteiger partial charge in [0.25, 0.3) is 5.91 Å². The second-order valence-electron chi connectivity index (χ2n) is 6.06. The average molecular weight is 375 g/mol. The van der Waals surface area contributed by atoms with Crippen molar-refractivity contribution >= 4 is 34.8 Å². The van der Waals surface area contributed by atoms with Crippen molar-refractivity contribution in [3.8, 4) is 5.75 Å². The second-order valence-corrected chi connectivity index (χ2v) is 6.46. The van der Waals surface area contributed by atoms with E-state index in [1.54, 1.807) is 25.1 Å². The number of carbonyl (C=O) groups is 2. The molecular weight excluding hydrogens is 352 g/mol. The third-order valence-electron chi connectivity index (χ3n) is 3.69. The minimum atomic E-state index is -0.702. The molecule has 26 heavy (non-hydrogen) atoms. The largest absolute Gasteiger partial charge is 0.481 e. The van der Waals surface area contributed by atoms with Crippen LogP contribution in [0.2, 0.25) is 5.02 Å². The maximum atomic E-state index is 12.4. The zero-order valence-electron chi connectivity index (χ0n) is 15.1. The molecule has 0 saturated heterocycles. The van der Waals surface area contributed by atoms with Gasteiger partial charge in [-0.2, -0.15) is 0 Å². The number of amides is 2. The van der Waals surface area contributed by atoms with E-state index in [0.29, 0.717) is 28.6 Å². The van der Waals surface area contributed by atoms with Gasteiger partial charge in [-0.3, -0.25) is 9.59 Å². The van der Waals surface area contributed by atoms with E-state index < -0.39 is 6.10 Å². The summed E-state index contributed by atoms with van der Waals surface area (Å²) in [6.45, 7) is 5.58. The molecule has 0 aliphatic carbocycles. The van der Waals surface area contributed by atoms with Gasteiger partial charge in [0.1, 0.15) is 5.75 Å². The van der Waals surface area contributed by atoms with Crippen LogP contribution in [0.3, 0.4) is 0 Å². The molecule has 0 aliphatic heterocycles. The van der Waals surface area contributed by atoms with Crippen LogP contribution in [0.4, 0.5) is 11.4 Å². The number of benzene rings is 2. The Hall–Kier alpha value is -2.53. The fraction of sp³-hybridized carbons (Fsp3) is 0.300. The van der Waals surface area contributed by atoms with Crippen LogP contribution in [0.1, 0.15) is 32.3 Å². The zero-order valence-corrected chi connectivity index (χ0v) is 15.9. The molecule has 0 aromatic heterocycles. The van der Waals surface area contributed by atoms with Crippen LogP contribution in [0, 0.1) is 6.92 Å². The molecule has 0 heterocycles. The van der Waals surface area contributed by atoms with Crippen molar-refractivity contribution in [3.05, 3.63) is 53.1 Å². The molecule has 2 aromatic carbocycles. The van der Waals surface area contributed by atoms with Crippen LogP contribution < -0.4 is 15.4 Å². The Labute approximate surface area is 158 Å². The number of hydrogen-bond donors (Lipinski definition) is 2. The Morgan fingerprint density at radius 1 is 1.12 bits per heavy atom. The Balaban J connectivity index is 2.02. The summed E-state index contributed by atoms with van der Waals surface area (Å²) in [6, 6.07) is 12.4. The van der Waals surface area contributed by atoms with Crippen LogP contribution in [0.5, 0.6) is 5.75 Å². The van der Waals surface area contributed by atoms with Crippen molar-refractivity contribution in [2.45, 2.75) is 39.7 Å². The fourth-order valence-electron chi connectivity index (χ4n) is 2.26. The van der Waals surface area contributed by atoms with Crippen molar-refractivity contribution in [1.82, 2.24) is 0 Å². The number of anilines is 2. The summed E-state index contributed by atoms with van der Waals surface area (Å²) >= 11 is 6.15. The molecule has 0 spiro atoms. The number of hydrogen-bond acceptors (Lipinski definition) is 3. The SMILES string of the molecule is CCCC(=O)Nc1ccc(Cl)c(NC(=O)C(C)Oc2ccc(C)cc2)c1. The molecular formula is C20H23ClN2O3. The molecule has 0 bridgehead atoms. The van der Waals surface area contributed by atoms with Crippen LogP contribution in [-0.2, 0) is 9.59 Å². The number of aryl methyl sites for hydroxylation is 1. The number of rotatable bonds is 7. The fourth-order valence-corrected chi connectivity index (χ4v) is 2.42. The molecule has 0 aliphatic rings. The van der Waals surface area contributed by atoms with Gasteiger partial charge in [0.05, 0.1) is 10.7 Å². The van der Waals surface area contributed by atoms with Crippen LogP contribution in [0.15, 0.2) is 42.5 Å². The molecule has 138 valence electrons. The van der Waals surface area contributed by atoms with Gasteiger partial charge in [0.2, 0.25) is 5.91 Å². The molecule has 2 amide bonds. The Kier molecular flexibility index (Phi) is 7.04. The van der Waals surface area contributed by atoms with Crippen molar-refractivity contribution in [2.24, 2.45) is 0 Å². The van der Waals surface area contributed by atoms with Gasteiger partial charge >= 0.3 is 0 Å². The van der Waals surface area contributed by atoms with Crippen LogP contribution >= 0.6 is 11.6 Å². The molecule has 2 aromatic rings. The summed E-state index contributed by atoms with van der Waals surface area (Å²) in [4.78, 5) is 24.1. The molecule has 6 heteroatoms. The normalized spacial score (nSPS) is 11.5. The number of ether oxygens (including phenoxy) is 1. The summed E-state index contributed by atoms with van der Waals surface area (Å²) in [7, 11) is 0. The highest BCUT2D eigenvalue weighted by atomic mass is 35.5. The minimum absolute atomic E-state index is 0.0804. The van der Waals surface area contributed by atoms with E-state index in [1.165, 1.54) is 0 Å². The van der Waals surface area contributed by atoms with Gasteiger partial charge in [0.15, 0.2) is 6.10 Å². The van der Waals surface area contributed by atoms with Gasteiger partial charge in [-0.05, 0) is 50.6 Å². The van der Waals surface area contributed by atoms with Crippen molar-refractivity contribution in [1.29, 1.82) is 0 Å². The summed E-state index contributed by atoms with van der Waals surface area (Å²) in [6.07, 6.45) is 0.495. The lowest BCUT2D eigenvalue weighted by molar-refractivity contribution is -0.122. The first-order valence-electron chi connectivity index (χ1n) is 8.52. The molecule has 2 N–H and O–H groups in total. The highest BCUT2D eigenvalue weighted by Gasteiger charge is 2.16. The second kappa shape index (κ2) is 9.25. The van der Waals surface area contributed by atoms with Crippen LogP contribution in [-0.4, -0.2) is 17.9 Å². The monoisotopic (exact) mass is 374 g/mol. The van der Waals surface area contributed by atoms with E-state index >= 15 is 0 Å². The Morgan fingerprint density at radius 3 is 2.46 bits per heavy atom. The molecule has 0 fully saturated rings. The number of nitrogens with one attached hydrogen (secondary N) is 2. The summed E-state index contributed by atoms with van der Waals surface area (Å²) in [5.74, 6) is 0.206. The van der Waals surface area contributed by atoms with E-state index in [4.69, 9.17) is 16.3 Å². The van der Waals surface area contributed by atoms with Crippen molar-refractivity contribution < 1.29 is 14.3 Å². The van der Waals surface area contributed by atoms with E-state index in [-0.39, 0.29) is 11.8 Å². The van der Waals surface area contributed by atoms with E-state index in [1.807, 2.05) is 38.1 Å². The van der Waals surface area contributed by atoms with E-state index in [9.17, 15) is 9.59 Å². The van der Waals surface area contributed by atoms with E-state index in [0.717, 1.165) is 12.0 Å². The first-order chi connectivity index (χ1) is 12.4. The lowest BCUT2D eigenvalue weighted by Gasteiger charge is -2.16. The molecule has 0 radical (unpaired) electrons. The summed E-state index contributed by atoms with van der Waals surface area (Å²) in [5.41, 5.74) is 2.11. The maximum Gasteiger partial charge on any atom is 0.265 e. The molecule has 2 rings (SSSR count). The van der Waals surface area contributed by atoms with Gasteiger partial charge in [-0.25, -0.2) is 0 Å². The van der Waals surface area contributed by atoms with E-state index in [2.05, 4.69) is 10.6 Å². The third kappa shape index (κ3) is 5.77. The van der Waals surface area contributed by atoms with Crippen molar-refractivity contribution in [2.75, 3.05) is 10.6 Å².